The highest BCUT2D eigenvalue weighted by atomic mass is 16.2. The fraction of sp³-hybridized carbons (Fsp3) is 0.263. The van der Waals surface area contributed by atoms with Crippen LogP contribution >= 0.6 is 0 Å². The highest BCUT2D eigenvalue weighted by Crippen LogP contribution is 2.40. The zero-order valence-corrected chi connectivity index (χ0v) is 12.3. The minimum atomic E-state index is -0.572. The topological polar surface area (TPSA) is 34.1 Å². The van der Waals surface area contributed by atoms with E-state index >= 15 is 0 Å². The Labute approximate surface area is 124 Å². The van der Waals surface area contributed by atoms with Gasteiger partial charge >= 0.3 is 0 Å². The van der Waals surface area contributed by atoms with Crippen LogP contribution in [0.3, 0.4) is 0 Å². The molecule has 2 heteroatoms. The number of hydrogen-bond acceptors (Lipinski definition) is 2. The average molecular weight is 278 g/mol. The van der Waals surface area contributed by atoms with Gasteiger partial charge in [0.2, 0.25) is 0 Å². The van der Waals surface area contributed by atoms with Crippen molar-refractivity contribution in [3.05, 3.63) is 71.3 Å². The van der Waals surface area contributed by atoms with Gasteiger partial charge in [-0.1, -0.05) is 68.4 Å². The molecule has 0 heterocycles. The van der Waals surface area contributed by atoms with Gasteiger partial charge in [-0.05, 0) is 17.4 Å². The molecule has 3 rings (SSSR count). The van der Waals surface area contributed by atoms with Crippen LogP contribution in [0.1, 0.15) is 46.5 Å². The first kappa shape index (κ1) is 13.7. The molecule has 2 aromatic rings. The Bertz CT molecular complexity index is 699. The van der Waals surface area contributed by atoms with E-state index in [4.69, 9.17) is 0 Å². The lowest BCUT2D eigenvalue weighted by atomic mass is 9.66. The molecule has 1 aliphatic carbocycles. The Morgan fingerprint density at radius 2 is 1.62 bits per heavy atom. The van der Waals surface area contributed by atoms with Gasteiger partial charge < -0.3 is 0 Å². The molecular weight excluding hydrogens is 260 g/mol. The van der Waals surface area contributed by atoms with Crippen LogP contribution in [-0.2, 0) is 5.41 Å². The molecular formula is C19H18O2. The summed E-state index contributed by atoms with van der Waals surface area (Å²) < 4.78 is 0. The highest BCUT2D eigenvalue weighted by Gasteiger charge is 2.41. The fourth-order valence-electron chi connectivity index (χ4n) is 3.20. The van der Waals surface area contributed by atoms with Crippen molar-refractivity contribution in [1.29, 1.82) is 0 Å². The Balaban J connectivity index is 2.04. The number of hydrogen-bond donors (Lipinski definition) is 0. The standard InChI is InChI=1S/C19H18O2/c1-19(2)12-15(17(20)13-8-4-3-5-9-13)18(21)14-10-6-7-11-16(14)19/h3-11,15H,12H2,1-2H3. The summed E-state index contributed by atoms with van der Waals surface area (Å²) in [6, 6.07) is 16.7. The van der Waals surface area contributed by atoms with Crippen LogP contribution in [0.5, 0.6) is 0 Å². The molecule has 2 nitrogen and oxygen atoms in total. The molecule has 0 amide bonds. The maximum absolute atomic E-state index is 12.7. The van der Waals surface area contributed by atoms with Crippen molar-refractivity contribution in [2.75, 3.05) is 0 Å². The monoisotopic (exact) mass is 278 g/mol. The predicted molar refractivity (Wildman–Crippen MR) is 82.7 cm³/mol. The van der Waals surface area contributed by atoms with Crippen molar-refractivity contribution >= 4 is 11.6 Å². The van der Waals surface area contributed by atoms with E-state index < -0.39 is 5.92 Å². The maximum Gasteiger partial charge on any atom is 0.174 e. The lowest BCUT2D eigenvalue weighted by Crippen LogP contribution is -2.38. The molecule has 1 aliphatic rings. The van der Waals surface area contributed by atoms with Gasteiger partial charge in [0.15, 0.2) is 11.6 Å². The minimum absolute atomic E-state index is 0.0428. The molecule has 2 aromatic carbocycles. The normalized spacial score (nSPS) is 19.9. The van der Waals surface area contributed by atoms with Crippen LogP contribution in [0, 0.1) is 5.92 Å². The molecule has 0 fully saturated rings. The number of carbonyl (C=O) groups is 2. The van der Waals surface area contributed by atoms with Crippen molar-refractivity contribution in [2.24, 2.45) is 5.92 Å². The van der Waals surface area contributed by atoms with Crippen LogP contribution in [0.4, 0.5) is 0 Å². The SMILES string of the molecule is CC1(C)CC(C(=O)c2ccccc2)C(=O)c2ccccc21. The molecule has 0 spiro atoms. The van der Waals surface area contributed by atoms with Gasteiger partial charge in [0.1, 0.15) is 0 Å². The first-order valence-corrected chi connectivity index (χ1v) is 7.24. The van der Waals surface area contributed by atoms with E-state index in [9.17, 15) is 9.59 Å². The number of fused-ring (bicyclic) bond motifs is 1. The molecule has 0 aromatic heterocycles. The van der Waals surface area contributed by atoms with Gasteiger partial charge in [0.05, 0.1) is 5.92 Å². The Kier molecular flexibility index (Phi) is 3.25. The largest absolute Gasteiger partial charge is 0.293 e. The third-order valence-corrected chi connectivity index (χ3v) is 4.33. The molecule has 0 aliphatic heterocycles. The van der Waals surface area contributed by atoms with Crippen molar-refractivity contribution in [2.45, 2.75) is 25.7 Å². The molecule has 21 heavy (non-hydrogen) atoms. The van der Waals surface area contributed by atoms with Crippen molar-refractivity contribution in [3.8, 4) is 0 Å². The number of rotatable bonds is 2. The Hall–Kier alpha value is -2.22. The summed E-state index contributed by atoms with van der Waals surface area (Å²) in [5.74, 6) is -0.681. The summed E-state index contributed by atoms with van der Waals surface area (Å²) in [4.78, 5) is 25.4. The lowest BCUT2D eigenvalue weighted by Gasteiger charge is -2.35. The summed E-state index contributed by atoms with van der Waals surface area (Å²) in [6.07, 6.45) is 0.566. The van der Waals surface area contributed by atoms with Crippen LogP contribution in [0.2, 0.25) is 0 Å². The average Bonchev–Trinajstić information content (AvgIpc) is 2.51. The van der Waals surface area contributed by atoms with Crippen molar-refractivity contribution < 1.29 is 9.59 Å². The van der Waals surface area contributed by atoms with Gasteiger partial charge in [0.25, 0.3) is 0 Å². The molecule has 0 bridgehead atoms. The van der Waals surface area contributed by atoms with Crippen molar-refractivity contribution in [3.63, 3.8) is 0 Å². The van der Waals surface area contributed by atoms with Gasteiger partial charge in [-0.3, -0.25) is 9.59 Å². The zero-order chi connectivity index (χ0) is 15.0. The quantitative estimate of drug-likeness (QED) is 0.613. The number of carbonyl (C=O) groups excluding carboxylic acids is 2. The smallest absolute Gasteiger partial charge is 0.174 e. The summed E-state index contributed by atoms with van der Waals surface area (Å²) in [7, 11) is 0. The van der Waals surface area contributed by atoms with Gasteiger partial charge in [-0.25, -0.2) is 0 Å². The number of ketones is 2. The first-order chi connectivity index (χ1) is 10.0. The second kappa shape index (κ2) is 4.96. The molecule has 0 saturated carbocycles. The Morgan fingerprint density at radius 3 is 2.33 bits per heavy atom. The number of benzene rings is 2. The predicted octanol–water partition coefficient (Wildman–Crippen LogP) is 4.05. The molecule has 1 atom stereocenters. The van der Waals surface area contributed by atoms with Crippen LogP contribution in [0.15, 0.2) is 54.6 Å². The molecule has 1 unspecified atom stereocenters. The second-order valence-electron chi connectivity index (χ2n) is 6.28. The maximum atomic E-state index is 12.7. The second-order valence-corrected chi connectivity index (χ2v) is 6.28. The minimum Gasteiger partial charge on any atom is -0.293 e. The third kappa shape index (κ3) is 2.31. The zero-order valence-electron chi connectivity index (χ0n) is 12.3. The van der Waals surface area contributed by atoms with E-state index in [1.165, 1.54) is 0 Å². The van der Waals surface area contributed by atoms with Crippen molar-refractivity contribution in [1.82, 2.24) is 0 Å². The van der Waals surface area contributed by atoms with Gasteiger partial charge in [-0.15, -0.1) is 0 Å². The Morgan fingerprint density at radius 1 is 1.00 bits per heavy atom. The van der Waals surface area contributed by atoms with Crippen LogP contribution in [-0.4, -0.2) is 11.6 Å². The molecule has 0 saturated heterocycles. The molecule has 0 radical (unpaired) electrons. The van der Waals surface area contributed by atoms with E-state index in [-0.39, 0.29) is 17.0 Å². The first-order valence-electron chi connectivity index (χ1n) is 7.24. The number of Topliss-reactive ketones (excluding diaryl/α,β-unsaturated/α-hetero) is 2. The van der Waals surface area contributed by atoms with Gasteiger partial charge in [0, 0.05) is 11.1 Å². The van der Waals surface area contributed by atoms with E-state index in [0.717, 1.165) is 5.56 Å². The van der Waals surface area contributed by atoms with Crippen LogP contribution < -0.4 is 0 Å². The summed E-state index contributed by atoms with van der Waals surface area (Å²) in [5.41, 5.74) is 2.20. The van der Waals surface area contributed by atoms with E-state index in [0.29, 0.717) is 17.5 Å². The van der Waals surface area contributed by atoms with Gasteiger partial charge in [-0.2, -0.15) is 0 Å². The highest BCUT2D eigenvalue weighted by molar-refractivity contribution is 6.17. The lowest BCUT2D eigenvalue weighted by molar-refractivity contribution is 0.0762. The van der Waals surface area contributed by atoms with Crippen LogP contribution in [0.25, 0.3) is 0 Å². The van der Waals surface area contributed by atoms with E-state index in [1.807, 2.05) is 42.5 Å². The molecule has 106 valence electrons. The van der Waals surface area contributed by atoms with E-state index in [2.05, 4.69) is 13.8 Å². The summed E-state index contributed by atoms with van der Waals surface area (Å²) in [6.45, 7) is 4.20. The molecule has 0 N–H and O–H groups in total. The third-order valence-electron chi connectivity index (χ3n) is 4.33. The van der Waals surface area contributed by atoms with E-state index in [1.54, 1.807) is 12.1 Å². The summed E-state index contributed by atoms with van der Waals surface area (Å²) in [5, 5.41) is 0. The summed E-state index contributed by atoms with van der Waals surface area (Å²) >= 11 is 0. The fourth-order valence-corrected chi connectivity index (χ4v) is 3.20.